The highest BCUT2D eigenvalue weighted by molar-refractivity contribution is 5.95. The lowest BCUT2D eigenvalue weighted by atomic mass is 9.85. The summed E-state index contributed by atoms with van der Waals surface area (Å²) in [6, 6.07) is 13.5. The van der Waals surface area contributed by atoms with Crippen LogP contribution in [0, 0.1) is 0 Å². The summed E-state index contributed by atoms with van der Waals surface area (Å²) in [5.74, 6) is 2.47. The number of aromatic nitrogens is 2. The van der Waals surface area contributed by atoms with E-state index in [1.54, 1.807) is 18.2 Å². The maximum Gasteiger partial charge on any atom is 0.251 e. The lowest BCUT2D eigenvalue weighted by Gasteiger charge is -2.30. The second-order valence-electron chi connectivity index (χ2n) is 8.23. The van der Waals surface area contributed by atoms with Crippen LogP contribution in [0.15, 0.2) is 42.5 Å². The molecule has 7 heteroatoms. The van der Waals surface area contributed by atoms with Crippen LogP contribution in [0.4, 0.5) is 0 Å². The Morgan fingerprint density at radius 1 is 1.13 bits per heavy atom. The number of hydrogen-bond donors (Lipinski definition) is 2. The van der Waals surface area contributed by atoms with Gasteiger partial charge in [-0.05, 0) is 49.6 Å². The molecule has 1 fully saturated rings. The molecule has 1 aliphatic carbocycles. The highest BCUT2D eigenvalue weighted by Gasteiger charge is 2.29. The van der Waals surface area contributed by atoms with Gasteiger partial charge in [-0.3, -0.25) is 4.79 Å². The third kappa shape index (κ3) is 3.97. The zero-order valence-electron chi connectivity index (χ0n) is 17.4. The number of nitrogens with one attached hydrogen (secondary N) is 1. The first-order valence-corrected chi connectivity index (χ1v) is 11.0. The van der Waals surface area contributed by atoms with Crippen LogP contribution in [0.3, 0.4) is 0 Å². The van der Waals surface area contributed by atoms with Gasteiger partial charge in [0.1, 0.15) is 19.0 Å². The molecule has 2 atom stereocenters. The molecule has 0 spiro atoms. The van der Waals surface area contributed by atoms with Crippen LogP contribution in [0.2, 0.25) is 0 Å². The van der Waals surface area contributed by atoms with Crippen LogP contribution in [0.5, 0.6) is 11.5 Å². The molecule has 2 N–H and O–H groups in total. The largest absolute Gasteiger partial charge is 0.486 e. The van der Waals surface area contributed by atoms with Crippen molar-refractivity contribution >= 4 is 16.9 Å². The minimum absolute atomic E-state index is 0.0738. The summed E-state index contributed by atoms with van der Waals surface area (Å²) in [4.78, 5) is 17.8. The number of carbonyl (C=O) groups excluding carboxylic acids is 1. The van der Waals surface area contributed by atoms with Gasteiger partial charge in [0.05, 0.1) is 17.6 Å². The van der Waals surface area contributed by atoms with E-state index in [1.807, 2.05) is 24.3 Å². The lowest BCUT2D eigenvalue weighted by Crippen LogP contribution is -2.38. The van der Waals surface area contributed by atoms with Gasteiger partial charge in [-0.15, -0.1) is 0 Å². The first-order chi connectivity index (χ1) is 15.2. The first-order valence-electron chi connectivity index (χ1n) is 11.0. The van der Waals surface area contributed by atoms with Crippen LogP contribution in [-0.4, -0.2) is 46.4 Å². The van der Waals surface area contributed by atoms with Crippen molar-refractivity contribution < 1.29 is 19.4 Å². The number of rotatable bonds is 5. The lowest BCUT2D eigenvalue weighted by molar-refractivity contribution is 0.0923. The van der Waals surface area contributed by atoms with Crippen LogP contribution in [0.1, 0.15) is 47.8 Å². The highest BCUT2D eigenvalue weighted by atomic mass is 16.6. The molecule has 2 aromatic carbocycles. The number of aliphatic hydroxyl groups is 1. The molecular weight excluding hydrogens is 394 g/mol. The third-order valence-electron chi connectivity index (χ3n) is 6.19. The summed E-state index contributed by atoms with van der Waals surface area (Å²) in [5, 5.41) is 12.8. The molecule has 1 saturated carbocycles. The molecule has 2 heterocycles. The molecule has 1 aromatic heterocycles. The smallest absolute Gasteiger partial charge is 0.251 e. The predicted molar refractivity (Wildman–Crippen MR) is 117 cm³/mol. The van der Waals surface area contributed by atoms with E-state index in [0.29, 0.717) is 36.8 Å². The molecule has 1 aliphatic heterocycles. The number of carbonyl (C=O) groups is 1. The summed E-state index contributed by atoms with van der Waals surface area (Å²) in [6.07, 6.45) is 3.85. The summed E-state index contributed by atoms with van der Waals surface area (Å²) >= 11 is 0. The zero-order valence-corrected chi connectivity index (χ0v) is 17.4. The Bertz CT molecular complexity index is 1090. The number of benzene rings is 2. The quantitative estimate of drug-likeness (QED) is 0.661. The fourth-order valence-electron chi connectivity index (χ4n) is 4.75. The Kier molecular flexibility index (Phi) is 5.51. The second-order valence-corrected chi connectivity index (χ2v) is 8.23. The Labute approximate surface area is 181 Å². The number of amides is 1. The normalized spacial score (nSPS) is 20.5. The summed E-state index contributed by atoms with van der Waals surface area (Å²) in [6.45, 7) is 1.63. The van der Waals surface area contributed by atoms with Crippen molar-refractivity contribution in [3.8, 4) is 11.5 Å². The van der Waals surface area contributed by atoms with E-state index in [0.717, 1.165) is 42.5 Å². The van der Waals surface area contributed by atoms with E-state index in [4.69, 9.17) is 14.5 Å². The van der Waals surface area contributed by atoms with Gasteiger partial charge in [0.25, 0.3) is 5.91 Å². The van der Waals surface area contributed by atoms with Crippen molar-refractivity contribution in [2.24, 2.45) is 0 Å². The monoisotopic (exact) mass is 421 g/mol. The molecule has 0 radical (unpaired) electrons. The van der Waals surface area contributed by atoms with Gasteiger partial charge in [0.15, 0.2) is 11.5 Å². The Balaban J connectivity index is 1.32. The minimum atomic E-state index is -0.0912. The number of imidazole rings is 1. The molecule has 3 aromatic rings. The molecular formula is C24H27N3O4. The molecule has 2 unspecified atom stereocenters. The number of hydrogen-bond acceptors (Lipinski definition) is 5. The van der Waals surface area contributed by atoms with Gasteiger partial charge >= 0.3 is 0 Å². The number of fused-ring (bicyclic) bond motifs is 2. The number of aliphatic hydroxyl groups excluding tert-OH is 1. The van der Waals surface area contributed by atoms with E-state index in [2.05, 4.69) is 9.88 Å². The van der Waals surface area contributed by atoms with E-state index in [-0.39, 0.29) is 24.5 Å². The summed E-state index contributed by atoms with van der Waals surface area (Å²) in [5.41, 5.74) is 2.58. The topological polar surface area (TPSA) is 85.6 Å². The highest BCUT2D eigenvalue weighted by Crippen LogP contribution is 2.35. The van der Waals surface area contributed by atoms with Crippen molar-refractivity contribution in [1.82, 2.24) is 14.9 Å². The molecule has 0 bridgehead atoms. The fourth-order valence-corrected chi connectivity index (χ4v) is 4.75. The maximum absolute atomic E-state index is 12.9. The van der Waals surface area contributed by atoms with Gasteiger partial charge in [0.2, 0.25) is 0 Å². The number of ether oxygens (including phenoxy) is 2. The zero-order chi connectivity index (χ0) is 21.2. The number of nitrogens with zero attached hydrogens (tertiary/aromatic N) is 2. The SMILES string of the molecule is O=C(NC1CCCC(c2nc3ccccc3n2CCO)C1)c1ccc2c(c1)OCCO2. The number of para-hydroxylation sites is 2. The Hall–Kier alpha value is -3.06. The second kappa shape index (κ2) is 8.59. The van der Waals surface area contributed by atoms with Crippen LogP contribution in [0.25, 0.3) is 11.0 Å². The average molecular weight is 421 g/mol. The van der Waals surface area contributed by atoms with Gasteiger partial charge in [-0.25, -0.2) is 4.98 Å². The van der Waals surface area contributed by atoms with Gasteiger partial charge in [-0.2, -0.15) is 0 Å². The molecule has 1 amide bonds. The van der Waals surface area contributed by atoms with Crippen LogP contribution in [-0.2, 0) is 6.54 Å². The Morgan fingerprint density at radius 2 is 1.97 bits per heavy atom. The van der Waals surface area contributed by atoms with Crippen molar-refractivity contribution in [3.63, 3.8) is 0 Å². The minimum Gasteiger partial charge on any atom is -0.486 e. The standard InChI is InChI=1S/C24H27N3O4/c28-11-10-27-20-7-2-1-6-19(20)26-23(27)16-4-3-5-18(14-16)25-24(29)17-8-9-21-22(15-17)31-13-12-30-21/h1-2,6-9,15-16,18,28H,3-5,10-14H2,(H,25,29). The van der Waals surface area contributed by atoms with E-state index in [1.165, 1.54) is 0 Å². The van der Waals surface area contributed by atoms with Gasteiger partial charge < -0.3 is 24.5 Å². The first kappa shape index (κ1) is 19.9. The average Bonchev–Trinajstić information content (AvgIpc) is 3.18. The van der Waals surface area contributed by atoms with E-state index >= 15 is 0 Å². The van der Waals surface area contributed by atoms with Crippen molar-refractivity contribution in [2.45, 2.75) is 44.2 Å². The fraction of sp³-hybridized carbons (Fsp3) is 0.417. The van der Waals surface area contributed by atoms with E-state index < -0.39 is 0 Å². The predicted octanol–water partition coefficient (Wildman–Crippen LogP) is 3.26. The maximum atomic E-state index is 12.9. The third-order valence-corrected chi connectivity index (χ3v) is 6.19. The molecule has 162 valence electrons. The van der Waals surface area contributed by atoms with Crippen molar-refractivity contribution in [1.29, 1.82) is 0 Å². The van der Waals surface area contributed by atoms with Crippen LogP contribution >= 0.6 is 0 Å². The Morgan fingerprint density at radius 3 is 2.84 bits per heavy atom. The molecule has 0 saturated heterocycles. The summed E-state index contributed by atoms with van der Waals surface area (Å²) < 4.78 is 13.3. The van der Waals surface area contributed by atoms with E-state index in [9.17, 15) is 9.90 Å². The molecule has 31 heavy (non-hydrogen) atoms. The van der Waals surface area contributed by atoms with Crippen molar-refractivity contribution in [3.05, 3.63) is 53.9 Å². The molecule has 2 aliphatic rings. The molecule has 5 rings (SSSR count). The van der Waals surface area contributed by atoms with Gasteiger partial charge in [-0.1, -0.05) is 18.6 Å². The van der Waals surface area contributed by atoms with Gasteiger partial charge in [0, 0.05) is 24.1 Å². The van der Waals surface area contributed by atoms with Crippen LogP contribution < -0.4 is 14.8 Å². The molecule has 7 nitrogen and oxygen atoms in total. The van der Waals surface area contributed by atoms with Crippen molar-refractivity contribution in [2.75, 3.05) is 19.8 Å². The summed E-state index contributed by atoms with van der Waals surface area (Å²) in [7, 11) is 0.